The highest BCUT2D eigenvalue weighted by atomic mass is 16.8. The van der Waals surface area contributed by atoms with E-state index in [4.69, 9.17) is 28.4 Å². The average molecular weight is 929 g/mol. The van der Waals surface area contributed by atoms with Gasteiger partial charge in [0.25, 0.3) is 0 Å². The van der Waals surface area contributed by atoms with E-state index in [1.807, 2.05) is 0 Å². The summed E-state index contributed by atoms with van der Waals surface area (Å²) >= 11 is 0. The van der Waals surface area contributed by atoms with Crippen LogP contribution in [0.1, 0.15) is 113 Å². The summed E-state index contributed by atoms with van der Waals surface area (Å²) in [6, 6.07) is 0. The molecule has 0 spiro atoms. The number of ether oxygens (including phenoxy) is 6. The largest absolute Gasteiger partial charge is 0.396 e. The third kappa shape index (κ3) is 7.94. The van der Waals surface area contributed by atoms with Gasteiger partial charge in [-0.05, 0) is 110 Å². The Bertz CT molecular complexity index is 1730. The van der Waals surface area contributed by atoms with Gasteiger partial charge in [-0.2, -0.15) is 0 Å². The molecule has 374 valence electrons. The molecule has 17 nitrogen and oxygen atoms in total. The van der Waals surface area contributed by atoms with Crippen molar-refractivity contribution in [1.82, 2.24) is 0 Å². The first-order valence-electron chi connectivity index (χ1n) is 24.3. The zero-order valence-electron chi connectivity index (χ0n) is 39.5. The Labute approximate surface area is 383 Å². The Morgan fingerprint density at radius 1 is 0.631 bits per heavy atom. The van der Waals surface area contributed by atoms with Crippen molar-refractivity contribution in [3.05, 3.63) is 11.6 Å². The van der Waals surface area contributed by atoms with Crippen molar-refractivity contribution >= 4 is 0 Å². The molecule has 17 heteroatoms. The number of fused-ring (bicyclic) bond motifs is 7. The molecule has 0 radical (unpaired) electrons. The molecule has 5 aliphatic carbocycles. The van der Waals surface area contributed by atoms with E-state index < -0.39 is 128 Å². The maximum atomic E-state index is 12.1. The van der Waals surface area contributed by atoms with Gasteiger partial charge >= 0.3 is 0 Å². The molecule has 0 aromatic carbocycles. The highest BCUT2D eigenvalue weighted by Crippen LogP contribution is 2.76. The average Bonchev–Trinajstić information content (AvgIpc) is 3.24. The highest BCUT2D eigenvalue weighted by Gasteiger charge is 2.70. The van der Waals surface area contributed by atoms with Crippen molar-refractivity contribution in [3.8, 4) is 0 Å². The minimum absolute atomic E-state index is 0.0134. The van der Waals surface area contributed by atoms with Gasteiger partial charge in [0.15, 0.2) is 18.9 Å². The van der Waals surface area contributed by atoms with Crippen molar-refractivity contribution < 1.29 is 84.6 Å². The zero-order chi connectivity index (χ0) is 47.6. The molecule has 7 fully saturated rings. The van der Waals surface area contributed by atoms with E-state index in [0.29, 0.717) is 18.8 Å². The van der Waals surface area contributed by atoms with Crippen LogP contribution in [0.5, 0.6) is 0 Å². The van der Waals surface area contributed by atoms with Gasteiger partial charge in [-0.1, -0.05) is 60.1 Å². The molecule has 24 atom stereocenters. The molecule has 0 amide bonds. The summed E-state index contributed by atoms with van der Waals surface area (Å²) in [6.07, 6.45) is -14.1. The van der Waals surface area contributed by atoms with Crippen molar-refractivity contribution in [2.45, 2.75) is 218 Å². The van der Waals surface area contributed by atoms with Crippen LogP contribution in [0.15, 0.2) is 11.6 Å². The smallest absolute Gasteiger partial charge is 0.187 e. The van der Waals surface area contributed by atoms with Gasteiger partial charge < -0.3 is 84.6 Å². The van der Waals surface area contributed by atoms with E-state index in [1.165, 1.54) is 12.5 Å². The van der Waals surface area contributed by atoms with E-state index >= 15 is 0 Å². The monoisotopic (exact) mass is 929 g/mol. The summed E-state index contributed by atoms with van der Waals surface area (Å²) in [6.45, 7) is 16.5. The van der Waals surface area contributed by atoms with Crippen LogP contribution in [0, 0.1) is 50.2 Å². The lowest BCUT2D eigenvalue weighted by atomic mass is 9.33. The minimum atomic E-state index is -1.76. The fourth-order valence-corrected chi connectivity index (χ4v) is 15.1. The molecule has 11 N–H and O–H groups in total. The van der Waals surface area contributed by atoms with Crippen LogP contribution in [0.25, 0.3) is 0 Å². The summed E-state index contributed by atoms with van der Waals surface area (Å²) in [7, 11) is 0. The van der Waals surface area contributed by atoms with Crippen molar-refractivity contribution in [2.75, 3.05) is 19.8 Å². The normalized spacial score (nSPS) is 55.2. The molecular weight excluding hydrogens is 849 g/mol. The van der Waals surface area contributed by atoms with Crippen molar-refractivity contribution in [3.63, 3.8) is 0 Å². The molecular formula is C48H80O17. The molecule has 8 aliphatic rings. The lowest BCUT2D eigenvalue weighted by Gasteiger charge is -2.72. The second-order valence-corrected chi connectivity index (χ2v) is 23.6. The predicted molar refractivity (Wildman–Crippen MR) is 230 cm³/mol. The van der Waals surface area contributed by atoms with Gasteiger partial charge in [0.1, 0.15) is 67.1 Å². The van der Waals surface area contributed by atoms with Gasteiger partial charge in [-0.3, -0.25) is 0 Å². The van der Waals surface area contributed by atoms with E-state index in [0.717, 1.165) is 44.9 Å². The Balaban J connectivity index is 1.03. The fourth-order valence-electron chi connectivity index (χ4n) is 15.1. The van der Waals surface area contributed by atoms with Gasteiger partial charge in [-0.15, -0.1) is 0 Å². The van der Waals surface area contributed by atoms with Crippen LogP contribution in [0.4, 0.5) is 0 Å². The minimum Gasteiger partial charge on any atom is -0.396 e. The van der Waals surface area contributed by atoms with Crippen LogP contribution >= 0.6 is 0 Å². The Kier molecular flexibility index (Phi) is 13.8. The molecule has 8 rings (SSSR count). The van der Waals surface area contributed by atoms with E-state index in [9.17, 15) is 56.2 Å². The molecule has 0 bridgehead atoms. The summed E-state index contributed by atoms with van der Waals surface area (Å²) in [4.78, 5) is 0. The molecule has 0 unspecified atom stereocenters. The number of allylic oxidation sites excluding steroid dienone is 2. The third-order valence-electron chi connectivity index (χ3n) is 19.4. The van der Waals surface area contributed by atoms with E-state index in [-0.39, 0.29) is 40.1 Å². The number of hydrogen-bond donors (Lipinski definition) is 11. The third-order valence-corrected chi connectivity index (χ3v) is 19.4. The van der Waals surface area contributed by atoms with Gasteiger partial charge in [0, 0.05) is 5.41 Å². The lowest BCUT2D eigenvalue weighted by molar-refractivity contribution is -0.373. The molecule has 65 heavy (non-hydrogen) atoms. The summed E-state index contributed by atoms with van der Waals surface area (Å²) in [5.41, 5.74) is 0.0788. The first-order valence-corrected chi connectivity index (χ1v) is 24.3. The molecule has 4 saturated carbocycles. The van der Waals surface area contributed by atoms with Crippen LogP contribution in [-0.2, 0) is 28.4 Å². The molecule has 0 aromatic rings. The van der Waals surface area contributed by atoms with Crippen LogP contribution in [0.3, 0.4) is 0 Å². The summed E-state index contributed by atoms with van der Waals surface area (Å²) < 4.78 is 36.3. The van der Waals surface area contributed by atoms with Gasteiger partial charge in [0.2, 0.25) is 0 Å². The van der Waals surface area contributed by atoms with E-state index in [1.54, 1.807) is 0 Å². The quantitative estimate of drug-likeness (QED) is 0.112. The second-order valence-electron chi connectivity index (χ2n) is 23.6. The summed E-state index contributed by atoms with van der Waals surface area (Å²) in [5, 5.41) is 119. The number of aliphatic hydroxyl groups is 11. The second kappa shape index (κ2) is 17.7. The van der Waals surface area contributed by atoms with Crippen molar-refractivity contribution in [1.29, 1.82) is 0 Å². The van der Waals surface area contributed by atoms with E-state index in [2.05, 4.69) is 54.5 Å². The van der Waals surface area contributed by atoms with Crippen molar-refractivity contribution in [2.24, 2.45) is 50.2 Å². The maximum absolute atomic E-state index is 12.1. The first-order chi connectivity index (χ1) is 30.3. The molecule has 3 saturated heterocycles. The standard InChI is InChI=1S/C48H80O17/c1-22-31(52)33(54)37(58)41(61-22)65-39-26(20-60-40-36(57)34(55)32(53)25(19-49)62-40)63-42(38(59)35(39)56)64-30-12-13-45(6)27(44(30,4)5)11-14-46(7)28(45)10-9-23-24-17-43(2,3)15-16-48(24,21-50)29(51)18-47(23,46)8/h9,22,24-42,49-59H,10-21H2,1-8H3/t22-,24-,25+,26+,27+,28-,29-,30+,31-,32+,33+,34-,35+,36+,37+,38+,39+,40+,41-,42-,45-,46+,47+,48+/m0/s1. The van der Waals surface area contributed by atoms with Gasteiger partial charge in [0.05, 0.1) is 38.1 Å². The first kappa shape index (κ1) is 50.4. The predicted octanol–water partition coefficient (Wildman–Crippen LogP) is 0.612. The van der Waals surface area contributed by atoms with Crippen LogP contribution < -0.4 is 0 Å². The number of hydrogen-bond acceptors (Lipinski definition) is 17. The molecule has 3 heterocycles. The topological polar surface area (TPSA) is 278 Å². The Morgan fingerprint density at radius 3 is 1.94 bits per heavy atom. The van der Waals surface area contributed by atoms with Crippen LogP contribution in [-0.4, -0.2) is 180 Å². The molecule has 3 aliphatic heterocycles. The maximum Gasteiger partial charge on any atom is 0.187 e. The Morgan fingerprint density at radius 2 is 1.26 bits per heavy atom. The SMILES string of the molecule is C[C@@H]1O[C@@H](O[C@H]2[C@H](O)[C@@H](O)[C@H](O[C@@H]3CC[C@@]4(C)[C@H](CC[C@]5(C)[C@H]4CC=C4[C@@H]6CC(C)(C)CC[C@]6(CO)[C@@H](O)C[C@]45C)C3(C)C)O[C@@H]2CO[C@@H]2O[C@H](CO)[C@@H](O)[C@H](O)[C@H]2O)[C@H](O)[C@H](O)[C@H]1O. The Hall–Kier alpha value is -0.940. The van der Waals surface area contributed by atoms with Crippen LogP contribution in [0.2, 0.25) is 0 Å². The van der Waals surface area contributed by atoms with Gasteiger partial charge in [-0.25, -0.2) is 0 Å². The number of aliphatic hydroxyl groups excluding tert-OH is 11. The molecule has 0 aromatic heterocycles. The number of rotatable bonds is 9. The fraction of sp³-hybridized carbons (Fsp3) is 0.958. The lowest BCUT2D eigenvalue weighted by Crippen LogP contribution is -2.67. The summed E-state index contributed by atoms with van der Waals surface area (Å²) in [5.74, 6) is 0.601. The zero-order valence-corrected chi connectivity index (χ0v) is 39.5. The highest BCUT2D eigenvalue weighted by molar-refractivity contribution is 5.35.